The molecule has 8 heteroatoms. The Bertz CT molecular complexity index is 875. The Balaban J connectivity index is 1.56. The zero-order valence-electron chi connectivity index (χ0n) is 16.6. The lowest BCUT2D eigenvalue weighted by atomic mass is 9.88. The minimum atomic E-state index is -0.568. The van der Waals surface area contributed by atoms with E-state index < -0.39 is 6.04 Å². The molecule has 7 nitrogen and oxygen atoms in total. The Labute approximate surface area is 178 Å². The number of nitrogens with one attached hydrogen (secondary N) is 2. The maximum absolute atomic E-state index is 13.2. The van der Waals surface area contributed by atoms with E-state index in [-0.39, 0.29) is 23.8 Å². The van der Waals surface area contributed by atoms with Gasteiger partial charge in [0.15, 0.2) is 0 Å². The number of carbonyl (C=O) groups excluding carboxylic acids is 2. The van der Waals surface area contributed by atoms with Crippen LogP contribution in [0.4, 0.5) is 5.69 Å². The second-order valence-corrected chi connectivity index (χ2v) is 9.13. The number of rotatable bonds is 8. The van der Waals surface area contributed by atoms with Crippen LogP contribution in [0.5, 0.6) is 0 Å². The SMILES string of the molecule is CC(C)n1nccc1C(=O)N[C@H](C(=O)Nc1ccc(Br)nc1)C(C1CC1)C1CC1. The summed E-state index contributed by atoms with van der Waals surface area (Å²) in [5.74, 6) is 0.768. The van der Waals surface area contributed by atoms with Crippen LogP contribution in [-0.4, -0.2) is 32.6 Å². The van der Waals surface area contributed by atoms with Gasteiger partial charge in [0.2, 0.25) is 5.91 Å². The van der Waals surface area contributed by atoms with Gasteiger partial charge in [0, 0.05) is 12.2 Å². The average molecular weight is 460 g/mol. The Morgan fingerprint density at radius 1 is 1.14 bits per heavy atom. The van der Waals surface area contributed by atoms with Crippen LogP contribution in [0.2, 0.25) is 0 Å². The highest BCUT2D eigenvalue weighted by atomic mass is 79.9. The van der Waals surface area contributed by atoms with E-state index in [1.54, 1.807) is 35.3 Å². The van der Waals surface area contributed by atoms with Crippen molar-refractivity contribution in [3.05, 3.63) is 40.9 Å². The predicted molar refractivity (Wildman–Crippen MR) is 113 cm³/mol. The summed E-state index contributed by atoms with van der Waals surface area (Å²) in [5.41, 5.74) is 1.10. The predicted octanol–water partition coefficient (Wildman–Crippen LogP) is 3.79. The van der Waals surface area contributed by atoms with Gasteiger partial charge in [0.1, 0.15) is 16.3 Å². The fourth-order valence-electron chi connectivity index (χ4n) is 4.02. The highest BCUT2D eigenvalue weighted by Gasteiger charge is 2.48. The standard InChI is InChI=1S/C21H26BrN5O2/c1-12(2)27-16(9-10-24-27)20(28)26-19(18(13-3-4-13)14-5-6-14)21(29)25-15-7-8-17(22)23-11-15/h7-14,18-19H,3-6H2,1-2H3,(H,25,29)(H,26,28)/t19-/m0/s1. The summed E-state index contributed by atoms with van der Waals surface area (Å²) in [6, 6.07) is 4.78. The first-order valence-corrected chi connectivity index (χ1v) is 11.0. The van der Waals surface area contributed by atoms with Crippen molar-refractivity contribution in [1.29, 1.82) is 0 Å². The van der Waals surface area contributed by atoms with Crippen molar-refractivity contribution in [2.75, 3.05) is 5.32 Å². The fraction of sp³-hybridized carbons (Fsp3) is 0.524. The topological polar surface area (TPSA) is 88.9 Å². The molecule has 0 saturated heterocycles. The number of pyridine rings is 1. The molecule has 0 spiro atoms. The van der Waals surface area contributed by atoms with Crippen LogP contribution in [0.15, 0.2) is 35.2 Å². The molecule has 2 heterocycles. The third-order valence-electron chi connectivity index (χ3n) is 5.67. The third-order valence-corrected chi connectivity index (χ3v) is 6.14. The molecule has 2 amide bonds. The lowest BCUT2D eigenvalue weighted by Crippen LogP contribution is -2.50. The van der Waals surface area contributed by atoms with Gasteiger partial charge in [-0.1, -0.05) is 0 Å². The molecule has 2 saturated carbocycles. The monoisotopic (exact) mass is 459 g/mol. The fourth-order valence-corrected chi connectivity index (χ4v) is 4.25. The van der Waals surface area contributed by atoms with E-state index in [2.05, 4.69) is 36.6 Å². The first kappa shape index (κ1) is 20.1. The highest BCUT2D eigenvalue weighted by Crippen LogP contribution is 2.50. The Hall–Kier alpha value is -2.22. The van der Waals surface area contributed by atoms with Crippen LogP contribution in [0.3, 0.4) is 0 Å². The van der Waals surface area contributed by atoms with E-state index in [1.165, 1.54) is 0 Å². The average Bonchev–Trinajstić information content (AvgIpc) is 3.62. The third kappa shape index (κ3) is 4.69. The quantitative estimate of drug-likeness (QED) is 0.587. The van der Waals surface area contributed by atoms with E-state index in [9.17, 15) is 9.59 Å². The molecule has 0 bridgehead atoms. The minimum Gasteiger partial charge on any atom is -0.339 e. The molecule has 0 radical (unpaired) electrons. The number of nitrogens with zero attached hydrogens (tertiary/aromatic N) is 3. The maximum atomic E-state index is 13.2. The first-order valence-electron chi connectivity index (χ1n) is 10.2. The lowest BCUT2D eigenvalue weighted by molar-refractivity contribution is -0.119. The number of anilines is 1. The molecule has 0 unspecified atom stereocenters. The molecular weight excluding hydrogens is 434 g/mol. The van der Waals surface area contributed by atoms with Gasteiger partial charge in [0.05, 0.1) is 11.9 Å². The normalized spacial score (nSPS) is 17.4. The molecule has 2 fully saturated rings. The summed E-state index contributed by atoms with van der Waals surface area (Å²) in [6.07, 6.45) is 7.75. The minimum absolute atomic E-state index is 0.0644. The number of carbonyl (C=O) groups is 2. The summed E-state index contributed by atoms with van der Waals surface area (Å²) < 4.78 is 2.39. The van der Waals surface area contributed by atoms with Crippen LogP contribution >= 0.6 is 15.9 Å². The summed E-state index contributed by atoms with van der Waals surface area (Å²) in [4.78, 5) is 30.5. The molecule has 1 atom stereocenters. The van der Waals surface area contributed by atoms with Crippen LogP contribution in [-0.2, 0) is 4.79 Å². The van der Waals surface area contributed by atoms with Gasteiger partial charge in [-0.2, -0.15) is 5.10 Å². The Morgan fingerprint density at radius 2 is 1.83 bits per heavy atom. The summed E-state index contributed by atoms with van der Waals surface area (Å²) in [7, 11) is 0. The van der Waals surface area contributed by atoms with Crippen molar-refractivity contribution in [2.24, 2.45) is 17.8 Å². The molecule has 2 aromatic rings. The molecule has 2 aromatic heterocycles. The Morgan fingerprint density at radius 3 is 2.38 bits per heavy atom. The maximum Gasteiger partial charge on any atom is 0.270 e. The van der Waals surface area contributed by atoms with Crippen LogP contribution in [0.25, 0.3) is 0 Å². The van der Waals surface area contributed by atoms with Gasteiger partial charge in [0.25, 0.3) is 5.91 Å². The van der Waals surface area contributed by atoms with Crippen molar-refractivity contribution in [1.82, 2.24) is 20.1 Å². The zero-order chi connectivity index (χ0) is 20.5. The van der Waals surface area contributed by atoms with Gasteiger partial charge in [-0.3, -0.25) is 14.3 Å². The van der Waals surface area contributed by atoms with Gasteiger partial charge in [-0.05, 0) is 91.4 Å². The number of hydrogen-bond donors (Lipinski definition) is 2. The van der Waals surface area contributed by atoms with Crippen molar-refractivity contribution >= 4 is 33.4 Å². The first-order chi connectivity index (χ1) is 13.9. The second kappa shape index (κ2) is 8.26. The molecule has 4 rings (SSSR count). The molecule has 0 aliphatic heterocycles. The van der Waals surface area contributed by atoms with E-state index in [0.717, 1.165) is 25.7 Å². The van der Waals surface area contributed by atoms with E-state index in [1.807, 2.05) is 13.8 Å². The van der Waals surface area contributed by atoms with Crippen LogP contribution in [0, 0.1) is 17.8 Å². The molecule has 154 valence electrons. The van der Waals surface area contributed by atoms with Crippen molar-refractivity contribution in [3.63, 3.8) is 0 Å². The number of hydrogen-bond acceptors (Lipinski definition) is 4. The molecular formula is C21H26BrN5O2. The summed E-state index contributed by atoms with van der Waals surface area (Å²) >= 11 is 3.30. The van der Waals surface area contributed by atoms with Crippen molar-refractivity contribution in [3.8, 4) is 0 Å². The van der Waals surface area contributed by atoms with Gasteiger partial charge < -0.3 is 10.6 Å². The Kier molecular flexibility index (Phi) is 5.72. The molecule has 2 N–H and O–H groups in total. The van der Waals surface area contributed by atoms with E-state index >= 15 is 0 Å². The van der Waals surface area contributed by atoms with Crippen molar-refractivity contribution in [2.45, 2.75) is 51.6 Å². The van der Waals surface area contributed by atoms with Crippen LogP contribution in [0.1, 0.15) is 56.1 Å². The second-order valence-electron chi connectivity index (χ2n) is 8.32. The molecule has 0 aromatic carbocycles. The molecule has 29 heavy (non-hydrogen) atoms. The molecule has 2 aliphatic carbocycles. The largest absolute Gasteiger partial charge is 0.339 e. The lowest BCUT2D eigenvalue weighted by Gasteiger charge is -2.27. The van der Waals surface area contributed by atoms with Gasteiger partial charge in [-0.15, -0.1) is 0 Å². The van der Waals surface area contributed by atoms with E-state index in [4.69, 9.17) is 0 Å². The van der Waals surface area contributed by atoms with Crippen LogP contribution < -0.4 is 10.6 Å². The smallest absolute Gasteiger partial charge is 0.270 e. The van der Waals surface area contributed by atoms with Gasteiger partial charge >= 0.3 is 0 Å². The highest BCUT2D eigenvalue weighted by molar-refractivity contribution is 9.10. The summed E-state index contributed by atoms with van der Waals surface area (Å²) in [5, 5.41) is 10.2. The number of amides is 2. The molecule has 2 aliphatic rings. The van der Waals surface area contributed by atoms with Crippen molar-refractivity contribution < 1.29 is 9.59 Å². The van der Waals surface area contributed by atoms with Gasteiger partial charge in [-0.25, -0.2) is 4.98 Å². The summed E-state index contributed by atoms with van der Waals surface area (Å²) in [6.45, 7) is 3.96. The number of halogens is 1. The van der Waals surface area contributed by atoms with E-state index in [0.29, 0.717) is 27.8 Å². The zero-order valence-corrected chi connectivity index (χ0v) is 18.2. The number of aromatic nitrogens is 3.